The molecule has 0 radical (unpaired) electrons. The van der Waals surface area contributed by atoms with Crippen molar-refractivity contribution in [3.63, 3.8) is 0 Å². The van der Waals surface area contributed by atoms with E-state index in [4.69, 9.17) is 0 Å². The van der Waals surface area contributed by atoms with E-state index in [0.717, 1.165) is 22.0 Å². The maximum absolute atomic E-state index is 12.6. The molecule has 22 heavy (non-hydrogen) atoms. The van der Waals surface area contributed by atoms with Crippen LogP contribution in [0.15, 0.2) is 60.3 Å². The van der Waals surface area contributed by atoms with E-state index in [1.54, 1.807) is 18.2 Å². The molecule has 0 amide bonds. The molecule has 3 nitrogen and oxygen atoms in total. The summed E-state index contributed by atoms with van der Waals surface area (Å²) < 4.78 is 0. The topological polar surface area (TPSA) is 56.6 Å². The molecule has 0 fully saturated rings. The molecule has 0 bridgehead atoms. The molecule has 0 unspecified atom stereocenters. The van der Waals surface area contributed by atoms with E-state index in [0.29, 0.717) is 5.56 Å². The van der Waals surface area contributed by atoms with Crippen LogP contribution in [-0.4, -0.2) is 10.8 Å². The van der Waals surface area contributed by atoms with Gasteiger partial charge in [-0.1, -0.05) is 42.5 Å². The fourth-order valence-corrected chi connectivity index (χ4v) is 2.49. The van der Waals surface area contributed by atoms with Gasteiger partial charge in [0.05, 0.1) is 0 Å². The van der Waals surface area contributed by atoms with E-state index < -0.39 is 0 Å². The molecule has 2 aromatic carbocycles. The molecule has 0 spiro atoms. The Morgan fingerprint density at radius 2 is 1.86 bits per heavy atom. The van der Waals surface area contributed by atoms with Gasteiger partial charge in [0.15, 0.2) is 0 Å². The van der Waals surface area contributed by atoms with E-state index >= 15 is 0 Å². The molecule has 3 rings (SSSR count). The second-order valence-electron chi connectivity index (χ2n) is 5.10. The number of hydrogen-bond acceptors (Lipinski definition) is 2. The quantitative estimate of drug-likeness (QED) is 0.444. The van der Waals surface area contributed by atoms with Crippen LogP contribution in [0.5, 0.6) is 0 Å². The van der Waals surface area contributed by atoms with E-state index in [-0.39, 0.29) is 11.4 Å². The van der Waals surface area contributed by atoms with E-state index in [2.05, 4.69) is 4.98 Å². The Labute approximate surface area is 128 Å². The molecule has 106 valence electrons. The zero-order chi connectivity index (χ0) is 15.5. The highest BCUT2D eigenvalue weighted by molar-refractivity contribution is 6.15. The predicted molar refractivity (Wildman–Crippen MR) is 87.4 cm³/mol. The number of Topliss-reactive ketones (excluding diaryl/α,β-unsaturated/α-hetero) is 1. The monoisotopic (exact) mass is 286 g/mol. The number of nitriles is 1. The third kappa shape index (κ3) is 2.43. The first kappa shape index (κ1) is 13.8. The first-order chi connectivity index (χ1) is 10.7. The van der Waals surface area contributed by atoms with Gasteiger partial charge in [0.2, 0.25) is 5.78 Å². The number of carbonyl (C=O) groups excluding carboxylic acids is 1. The van der Waals surface area contributed by atoms with Crippen molar-refractivity contribution >= 4 is 22.8 Å². The van der Waals surface area contributed by atoms with Crippen molar-refractivity contribution in [1.29, 1.82) is 5.26 Å². The Balaban J connectivity index is 2.06. The van der Waals surface area contributed by atoms with Crippen LogP contribution >= 0.6 is 0 Å². The minimum atomic E-state index is -0.245. The maximum Gasteiger partial charge on any atom is 0.203 e. The molecule has 3 heteroatoms. The van der Waals surface area contributed by atoms with E-state index in [1.807, 2.05) is 55.6 Å². The lowest BCUT2D eigenvalue weighted by Gasteiger charge is -2.03. The average molecular weight is 286 g/mol. The number of fused-ring (bicyclic) bond motifs is 1. The molecule has 3 aromatic rings. The van der Waals surface area contributed by atoms with Crippen molar-refractivity contribution in [3.05, 3.63) is 77.0 Å². The smallest absolute Gasteiger partial charge is 0.203 e. The number of H-pyrrole nitrogens is 1. The first-order valence-electron chi connectivity index (χ1n) is 6.99. The number of allylic oxidation sites excluding steroid dienone is 1. The Morgan fingerprint density at radius 3 is 2.64 bits per heavy atom. The second kappa shape index (κ2) is 5.71. The summed E-state index contributed by atoms with van der Waals surface area (Å²) in [5.74, 6) is -0.245. The normalized spacial score (nSPS) is 11.4. The summed E-state index contributed by atoms with van der Waals surface area (Å²) >= 11 is 0. The fourth-order valence-electron chi connectivity index (χ4n) is 2.49. The zero-order valence-corrected chi connectivity index (χ0v) is 12.1. The number of aromatic nitrogens is 1. The molecule has 1 aromatic heterocycles. The van der Waals surface area contributed by atoms with Gasteiger partial charge in [0.25, 0.3) is 0 Å². The van der Waals surface area contributed by atoms with Gasteiger partial charge >= 0.3 is 0 Å². The SMILES string of the molecule is Cc1ccccc1C(=O)/C(C#N)=C/c1c[nH]c2ccccc12. The van der Waals surface area contributed by atoms with Crippen molar-refractivity contribution in [2.24, 2.45) is 0 Å². The van der Waals surface area contributed by atoms with Gasteiger partial charge < -0.3 is 4.98 Å². The molecule has 1 N–H and O–H groups in total. The number of nitrogens with one attached hydrogen (secondary N) is 1. The van der Waals surface area contributed by atoms with Gasteiger partial charge in [-0.15, -0.1) is 0 Å². The molecular formula is C19H14N2O. The van der Waals surface area contributed by atoms with Gasteiger partial charge in [0, 0.05) is 28.2 Å². The van der Waals surface area contributed by atoms with Gasteiger partial charge in [-0.25, -0.2) is 0 Å². The molecule has 0 atom stereocenters. The Hall–Kier alpha value is -3.12. The number of carbonyl (C=O) groups is 1. The van der Waals surface area contributed by atoms with Gasteiger partial charge in [-0.05, 0) is 24.6 Å². The third-order valence-corrected chi connectivity index (χ3v) is 3.68. The third-order valence-electron chi connectivity index (χ3n) is 3.68. The number of para-hydroxylation sites is 1. The minimum Gasteiger partial charge on any atom is -0.361 e. The number of hydrogen-bond donors (Lipinski definition) is 1. The first-order valence-corrected chi connectivity index (χ1v) is 6.99. The van der Waals surface area contributed by atoms with E-state index in [1.165, 1.54) is 0 Å². The minimum absolute atomic E-state index is 0.138. The summed E-state index contributed by atoms with van der Waals surface area (Å²) in [5, 5.41) is 10.4. The summed E-state index contributed by atoms with van der Waals surface area (Å²) in [7, 11) is 0. The number of rotatable bonds is 3. The standard InChI is InChI=1S/C19H14N2O/c1-13-6-2-3-7-16(13)19(22)14(11-20)10-15-12-21-18-9-5-4-8-17(15)18/h2-10,12,21H,1H3/b14-10+. The van der Waals surface area contributed by atoms with Crippen LogP contribution in [0.1, 0.15) is 21.5 Å². The lowest BCUT2D eigenvalue weighted by Crippen LogP contribution is -2.03. The van der Waals surface area contributed by atoms with Crippen LogP contribution < -0.4 is 0 Å². The summed E-state index contributed by atoms with van der Waals surface area (Å²) in [6.45, 7) is 1.87. The molecular weight excluding hydrogens is 272 g/mol. The summed E-state index contributed by atoms with van der Waals surface area (Å²) in [6, 6.07) is 17.1. The molecule has 0 aliphatic carbocycles. The van der Waals surface area contributed by atoms with Gasteiger partial charge in [0.1, 0.15) is 11.6 Å². The van der Waals surface area contributed by atoms with Crippen LogP contribution in [0.2, 0.25) is 0 Å². The van der Waals surface area contributed by atoms with Crippen LogP contribution in [0.4, 0.5) is 0 Å². The molecule has 0 saturated heterocycles. The van der Waals surface area contributed by atoms with Crippen LogP contribution in [0, 0.1) is 18.3 Å². The Morgan fingerprint density at radius 1 is 1.14 bits per heavy atom. The van der Waals surface area contributed by atoms with Gasteiger partial charge in [-0.2, -0.15) is 5.26 Å². The second-order valence-corrected chi connectivity index (χ2v) is 5.10. The number of nitrogens with zero attached hydrogens (tertiary/aromatic N) is 1. The zero-order valence-electron chi connectivity index (χ0n) is 12.1. The van der Waals surface area contributed by atoms with Crippen molar-refractivity contribution < 1.29 is 4.79 Å². The number of aryl methyl sites for hydroxylation is 1. The predicted octanol–water partition coefficient (Wildman–Crippen LogP) is 4.27. The largest absolute Gasteiger partial charge is 0.361 e. The molecule has 1 heterocycles. The van der Waals surface area contributed by atoms with Crippen LogP contribution in [-0.2, 0) is 0 Å². The maximum atomic E-state index is 12.6. The summed E-state index contributed by atoms with van der Waals surface area (Å²) in [6.07, 6.45) is 3.46. The van der Waals surface area contributed by atoms with Crippen LogP contribution in [0.25, 0.3) is 17.0 Å². The highest BCUT2D eigenvalue weighted by atomic mass is 16.1. The Bertz CT molecular complexity index is 926. The van der Waals surface area contributed by atoms with Crippen molar-refractivity contribution in [1.82, 2.24) is 4.98 Å². The van der Waals surface area contributed by atoms with Gasteiger partial charge in [-0.3, -0.25) is 4.79 Å². The lowest BCUT2D eigenvalue weighted by molar-refractivity contribution is 0.103. The highest BCUT2D eigenvalue weighted by Crippen LogP contribution is 2.22. The number of aromatic amines is 1. The van der Waals surface area contributed by atoms with Crippen molar-refractivity contribution in [3.8, 4) is 6.07 Å². The van der Waals surface area contributed by atoms with E-state index in [9.17, 15) is 10.1 Å². The lowest BCUT2D eigenvalue weighted by atomic mass is 9.98. The summed E-state index contributed by atoms with van der Waals surface area (Å²) in [4.78, 5) is 15.7. The molecule has 0 aliphatic heterocycles. The fraction of sp³-hybridized carbons (Fsp3) is 0.0526. The number of ketones is 1. The average Bonchev–Trinajstić information content (AvgIpc) is 2.95. The molecule has 0 saturated carbocycles. The van der Waals surface area contributed by atoms with Crippen molar-refractivity contribution in [2.75, 3.05) is 0 Å². The molecule has 0 aliphatic rings. The Kier molecular flexibility index (Phi) is 3.59. The van der Waals surface area contributed by atoms with Crippen molar-refractivity contribution in [2.45, 2.75) is 6.92 Å². The highest BCUT2D eigenvalue weighted by Gasteiger charge is 2.14. The number of benzene rings is 2. The summed E-state index contributed by atoms with van der Waals surface area (Å²) in [5.41, 5.74) is 3.39. The van der Waals surface area contributed by atoms with Crippen LogP contribution in [0.3, 0.4) is 0 Å².